The Labute approximate surface area is 410 Å². The lowest BCUT2D eigenvalue weighted by Crippen LogP contribution is -2.39. The second-order valence-corrected chi connectivity index (χ2v) is 18.5. The lowest BCUT2D eigenvalue weighted by Gasteiger charge is -2.36. The third kappa shape index (κ3) is 10.0. The first kappa shape index (κ1) is 46.5. The second kappa shape index (κ2) is 21.2. The first-order valence-electron chi connectivity index (χ1n) is 23.7. The van der Waals surface area contributed by atoms with Crippen LogP contribution < -0.4 is 4.90 Å². The Bertz CT molecular complexity index is 2950. The van der Waals surface area contributed by atoms with Crippen LogP contribution in [0.15, 0.2) is 163 Å². The molecule has 2 saturated heterocycles. The number of carbonyl (C=O) groups is 1. The minimum Gasteiger partial charge on any atom is -0.354 e. The van der Waals surface area contributed by atoms with Gasteiger partial charge in [-0.2, -0.15) is 10.5 Å². The summed E-state index contributed by atoms with van der Waals surface area (Å²) in [6.07, 6.45) is 3.83. The van der Waals surface area contributed by atoms with Crippen LogP contribution in [0.4, 0.5) is 5.69 Å². The Kier molecular flexibility index (Phi) is 14.3. The average Bonchev–Trinajstić information content (AvgIpc) is 4.02. The normalized spacial score (nSPS) is 14.1. The highest BCUT2D eigenvalue weighted by Crippen LogP contribution is 2.45. The van der Waals surface area contributed by atoms with Crippen molar-refractivity contribution in [3.63, 3.8) is 0 Å². The van der Waals surface area contributed by atoms with E-state index in [0.29, 0.717) is 49.4 Å². The third-order valence-electron chi connectivity index (χ3n) is 13.3. The lowest BCUT2D eigenvalue weighted by atomic mass is 9.76. The maximum absolute atomic E-state index is 14.8. The SMILES string of the molecule is Cc1cc(C)cc(CN2CCN(CCC(=O)N(Cc3ccc(-c4nnnn4C(c4ccccc4)(c4ccccc4)c4ccccc4Cl)cc3)c3cccc(CN4CCCCC4)c3)C2=C(C#N)C#N)c1. The molecule has 2 fully saturated rings. The van der Waals surface area contributed by atoms with E-state index in [0.717, 1.165) is 75.4 Å². The molecular weight excluding hydrogens is 876 g/mol. The molecule has 2 aliphatic rings. The van der Waals surface area contributed by atoms with Crippen molar-refractivity contribution < 1.29 is 4.79 Å². The molecule has 7 aromatic rings. The summed E-state index contributed by atoms with van der Waals surface area (Å²) >= 11 is 7.12. The lowest BCUT2D eigenvalue weighted by molar-refractivity contribution is -0.119. The number of tetrazole rings is 1. The zero-order valence-electron chi connectivity index (χ0n) is 39.2. The zero-order chi connectivity index (χ0) is 47.7. The average molecular weight is 932 g/mol. The number of allylic oxidation sites excluding steroid dienone is 1. The first-order chi connectivity index (χ1) is 33.7. The van der Waals surface area contributed by atoms with Crippen molar-refractivity contribution in [3.05, 3.63) is 213 Å². The van der Waals surface area contributed by atoms with E-state index in [1.165, 1.54) is 19.3 Å². The summed E-state index contributed by atoms with van der Waals surface area (Å²) in [5.41, 5.74) is 8.85. The number of aromatic nitrogens is 4. The number of benzene rings is 6. The fourth-order valence-electron chi connectivity index (χ4n) is 10.2. The third-order valence-corrected chi connectivity index (χ3v) is 13.6. The molecule has 0 unspecified atom stereocenters. The predicted molar refractivity (Wildman–Crippen MR) is 270 cm³/mol. The molecule has 11 nitrogen and oxygen atoms in total. The van der Waals surface area contributed by atoms with Gasteiger partial charge in [-0.3, -0.25) is 9.69 Å². The van der Waals surface area contributed by atoms with E-state index in [4.69, 9.17) is 16.8 Å². The number of rotatable bonds is 15. The summed E-state index contributed by atoms with van der Waals surface area (Å²) in [6, 6.07) is 55.3. The summed E-state index contributed by atoms with van der Waals surface area (Å²) in [5, 5.41) is 34.5. The maximum atomic E-state index is 14.8. The first-order valence-corrected chi connectivity index (χ1v) is 24.1. The van der Waals surface area contributed by atoms with Crippen molar-refractivity contribution >= 4 is 23.2 Å². The Hall–Kier alpha value is -7.57. The molecule has 2 aliphatic heterocycles. The minimum atomic E-state index is -1.04. The molecule has 1 amide bonds. The highest BCUT2D eigenvalue weighted by atomic mass is 35.5. The van der Waals surface area contributed by atoms with Crippen LogP contribution in [0, 0.1) is 36.5 Å². The quantitative estimate of drug-likeness (QED) is 0.0731. The molecule has 6 aromatic carbocycles. The fraction of sp³-hybridized carbons (Fsp3) is 0.263. The summed E-state index contributed by atoms with van der Waals surface area (Å²) in [7, 11) is 0. The summed E-state index contributed by atoms with van der Waals surface area (Å²) < 4.78 is 1.87. The van der Waals surface area contributed by atoms with Crippen LogP contribution in [0.3, 0.4) is 0 Å². The van der Waals surface area contributed by atoms with Crippen LogP contribution in [0.25, 0.3) is 11.4 Å². The predicted octanol–water partition coefficient (Wildman–Crippen LogP) is 10.4. The van der Waals surface area contributed by atoms with Gasteiger partial charge in [0.2, 0.25) is 5.91 Å². The number of amides is 1. The fourth-order valence-corrected chi connectivity index (χ4v) is 10.5. The molecule has 0 aliphatic carbocycles. The van der Waals surface area contributed by atoms with Crippen LogP contribution >= 0.6 is 11.6 Å². The number of anilines is 1. The Morgan fingerprint density at radius 3 is 2.00 bits per heavy atom. The summed E-state index contributed by atoms with van der Waals surface area (Å²) in [5.74, 6) is 1.07. The number of nitrogens with zero attached hydrogens (tertiary/aromatic N) is 10. The van der Waals surface area contributed by atoms with Crippen molar-refractivity contribution in [2.24, 2.45) is 0 Å². The zero-order valence-corrected chi connectivity index (χ0v) is 39.9. The largest absolute Gasteiger partial charge is 0.354 e. The van der Waals surface area contributed by atoms with Gasteiger partial charge in [0.15, 0.2) is 11.4 Å². The monoisotopic (exact) mass is 930 g/mol. The van der Waals surface area contributed by atoms with Gasteiger partial charge in [0.25, 0.3) is 0 Å². The van der Waals surface area contributed by atoms with E-state index in [9.17, 15) is 15.3 Å². The molecule has 0 spiro atoms. The number of nitriles is 2. The van der Waals surface area contributed by atoms with Gasteiger partial charge in [0, 0.05) is 61.0 Å². The number of hydrogen-bond acceptors (Lipinski definition) is 9. The van der Waals surface area contributed by atoms with Crippen LogP contribution in [-0.2, 0) is 30.0 Å². The van der Waals surface area contributed by atoms with E-state index < -0.39 is 5.54 Å². The van der Waals surface area contributed by atoms with Crippen molar-refractivity contribution in [1.29, 1.82) is 10.5 Å². The number of carbonyl (C=O) groups excluding carboxylic acids is 1. The maximum Gasteiger partial charge on any atom is 0.229 e. The van der Waals surface area contributed by atoms with Crippen molar-refractivity contribution in [3.8, 4) is 23.5 Å². The van der Waals surface area contributed by atoms with E-state index >= 15 is 0 Å². The molecule has 1 aromatic heterocycles. The molecule has 346 valence electrons. The standard InChI is InChI=1S/C57H55ClN10O/c1-42-33-43(2)35-46(34-42)40-66-32-31-65(56(66)48(37-59)38-60)30-27-54(69)67(51-20-14-15-45(36-51)39-64-28-12-5-13-29-64)41-44-23-25-47(26-24-44)55-61-62-63-68(55)57(49-16-6-3-7-17-49,50-18-8-4-9-19-50)52-21-10-11-22-53(52)58/h3-4,6-11,14-26,33-36H,5,12-13,27-32,39-41H2,1-2H3. The number of aryl methyl sites for hydroxylation is 2. The molecular formula is C57H55ClN10O. The molecule has 0 bridgehead atoms. The van der Waals surface area contributed by atoms with Crippen LogP contribution in [0.5, 0.6) is 0 Å². The highest BCUT2D eigenvalue weighted by molar-refractivity contribution is 6.31. The van der Waals surface area contributed by atoms with Gasteiger partial charge in [0.05, 0.1) is 6.54 Å². The number of halogens is 1. The van der Waals surface area contributed by atoms with Crippen molar-refractivity contribution in [2.45, 2.75) is 64.7 Å². The van der Waals surface area contributed by atoms with E-state index in [1.54, 1.807) is 0 Å². The van der Waals surface area contributed by atoms with Crippen LogP contribution in [-0.4, -0.2) is 73.5 Å². The van der Waals surface area contributed by atoms with Crippen LogP contribution in [0.1, 0.15) is 70.2 Å². The van der Waals surface area contributed by atoms with Gasteiger partial charge in [-0.25, -0.2) is 4.68 Å². The second-order valence-electron chi connectivity index (χ2n) is 18.1. The topological polar surface area (TPSA) is 121 Å². The Morgan fingerprint density at radius 2 is 1.33 bits per heavy atom. The number of hydrogen-bond donors (Lipinski definition) is 0. The Morgan fingerprint density at radius 1 is 0.681 bits per heavy atom. The summed E-state index contributed by atoms with van der Waals surface area (Å²) in [4.78, 5) is 23.3. The Balaban J connectivity index is 1.03. The summed E-state index contributed by atoms with van der Waals surface area (Å²) in [6.45, 7) is 9.57. The van der Waals surface area contributed by atoms with Crippen molar-refractivity contribution in [1.82, 2.24) is 34.9 Å². The number of piperidine rings is 1. The molecule has 3 heterocycles. The minimum absolute atomic E-state index is 0.0503. The molecule has 0 atom stereocenters. The van der Waals surface area contributed by atoms with Crippen molar-refractivity contribution in [2.75, 3.05) is 37.6 Å². The van der Waals surface area contributed by atoms with Gasteiger partial charge in [-0.1, -0.05) is 163 Å². The molecule has 0 saturated carbocycles. The molecule has 9 rings (SSSR count). The van der Waals surface area contributed by atoms with Gasteiger partial charge in [0.1, 0.15) is 23.5 Å². The van der Waals surface area contributed by atoms with E-state index in [-0.39, 0.29) is 17.9 Å². The van der Waals surface area contributed by atoms with Gasteiger partial charge in [-0.15, -0.1) is 5.10 Å². The van der Waals surface area contributed by atoms with Gasteiger partial charge >= 0.3 is 0 Å². The number of likely N-dealkylation sites (tertiary alicyclic amines) is 1. The van der Waals surface area contributed by atoms with Gasteiger partial charge in [-0.05, 0) is 96.2 Å². The highest BCUT2D eigenvalue weighted by Gasteiger charge is 2.43. The van der Waals surface area contributed by atoms with Gasteiger partial charge < -0.3 is 14.7 Å². The van der Waals surface area contributed by atoms with E-state index in [2.05, 4.69) is 101 Å². The molecule has 0 radical (unpaired) electrons. The van der Waals surface area contributed by atoms with E-state index in [1.807, 2.05) is 112 Å². The molecule has 12 heteroatoms. The molecule has 0 N–H and O–H groups in total. The molecule has 69 heavy (non-hydrogen) atoms. The van der Waals surface area contributed by atoms with Crippen LogP contribution in [0.2, 0.25) is 5.02 Å². The smallest absolute Gasteiger partial charge is 0.229 e.